The van der Waals surface area contributed by atoms with Gasteiger partial charge in [0.15, 0.2) is 0 Å². The molecule has 0 amide bonds. The lowest BCUT2D eigenvalue weighted by molar-refractivity contribution is 0.636. The van der Waals surface area contributed by atoms with E-state index < -0.39 is 0 Å². The van der Waals surface area contributed by atoms with Gasteiger partial charge < -0.3 is 5.73 Å². The molecule has 0 radical (unpaired) electrons. The zero-order chi connectivity index (χ0) is 10.4. The van der Waals surface area contributed by atoms with E-state index in [0.717, 1.165) is 18.5 Å². The molecule has 1 aliphatic carbocycles. The predicted molar refractivity (Wildman–Crippen MR) is 58.1 cm³/mol. The number of nitrogens with zero attached hydrogens (tertiary/aromatic N) is 1. The smallest absolute Gasteiger partial charge is 0.149 e. The Morgan fingerprint density at radius 1 is 1.33 bits per heavy atom. The van der Waals surface area contributed by atoms with E-state index in [9.17, 15) is 4.39 Å². The molecule has 0 unspecified atom stereocenters. The second-order valence-electron chi connectivity index (χ2n) is 4.05. The highest BCUT2D eigenvalue weighted by Crippen LogP contribution is 2.40. The number of hydrogen-bond acceptors (Lipinski definition) is 2. The van der Waals surface area contributed by atoms with Crippen LogP contribution >= 0.6 is 0 Å². The number of nitrogen functional groups attached to an aromatic ring is 1. The molecule has 1 fully saturated rings. The lowest BCUT2D eigenvalue weighted by Crippen LogP contribution is -1.96. The summed E-state index contributed by atoms with van der Waals surface area (Å²) in [6, 6.07) is 6.76. The van der Waals surface area contributed by atoms with Crippen LogP contribution in [0.4, 0.5) is 10.1 Å². The Labute approximate surface area is 86.9 Å². The summed E-state index contributed by atoms with van der Waals surface area (Å²) in [5.41, 5.74) is 7.85. The van der Waals surface area contributed by atoms with Crippen LogP contribution in [0.25, 0.3) is 10.9 Å². The average Bonchev–Trinajstić information content (AvgIpc) is 3.02. The molecule has 1 heterocycles. The van der Waals surface area contributed by atoms with Gasteiger partial charge in [-0.25, -0.2) is 9.37 Å². The minimum Gasteiger partial charge on any atom is -0.398 e. The molecule has 15 heavy (non-hydrogen) atoms. The maximum absolute atomic E-state index is 13.5. The number of halogens is 1. The second-order valence-corrected chi connectivity index (χ2v) is 4.05. The van der Waals surface area contributed by atoms with Gasteiger partial charge >= 0.3 is 0 Å². The number of anilines is 1. The first kappa shape index (κ1) is 8.65. The summed E-state index contributed by atoms with van der Waals surface area (Å²) in [6.45, 7) is 0. The fourth-order valence-corrected chi connectivity index (χ4v) is 1.85. The molecule has 1 saturated carbocycles. The largest absolute Gasteiger partial charge is 0.398 e. The van der Waals surface area contributed by atoms with Crippen LogP contribution in [-0.2, 0) is 0 Å². The van der Waals surface area contributed by atoms with Gasteiger partial charge in [0.2, 0.25) is 0 Å². The Balaban J connectivity index is 2.32. The van der Waals surface area contributed by atoms with Crippen LogP contribution in [0.3, 0.4) is 0 Å². The van der Waals surface area contributed by atoms with Crippen LogP contribution in [-0.4, -0.2) is 4.98 Å². The van der Waals surface area contributed by atoms with Crippen molar-refractivity contribution in [3.63, 3.8) is 0 Å². The number of pyridine rings is 1. The van der Waals surface area contributed by atoms with E-state index in [2.05, 4.69) is 4.98 Å². The van der Waals surface area contributed by atoms with E-state index in [4.69, 9.17) is 5.73 Å². The number of hydrogen-bond donors (Lipinski definition) is 1. The van der Waals surface area contributed by atoms with Gasteiger partial charge in [0.25, 0.3) is 0 Å². The van der Waals surface area contributed by atoms with E-state index in [1.807, 2.05) is 6.07 Å². The minimum atomic E-state index is -0.290. The summed E-state index contributed by atoms with van der Waals surface area (Å²) in [5.74, 6) is 0.206. The molecule has 1 aliphatic rings. The number of rotatable bonds is 1. The van der Waals surface area contributed by atoms with E-state index in [0.29, 0.717) is 22.5 Å². The molecule has 2 aromatic rings. The summed E-state index contributed by atoms with van der Waals surface area (Å²) >= 11 is 0. The third kappa shape index (κ3) is 1.35. The van der Waals surface area contributed by atoms with Crippen LogP contribution in [0, 0.1) is 5.82 Å². The van der Waals surface area contributed by atoms with Gasteiger partial charge in [0.05, 0.1) is 0 Å². The lowest BCUT2D eigenvalue weighted by atomic mass is 10.1. The summed E-state index contributed by atoms with van der Waals surface area (Å²) in [6.07, 6.45) is 2.29. The van der Waals surface area contributed by atoms with Gasteiger partial charge in [-0.3, -0.25) is 0 Å². The molecule has 0 aliphatic heterocycles. The Hall–Kier alpha value is -1.64. The van der Waals surface area contributed by atoms with Crippen molar-refractivity contribution in [2.45, 2.75) is 18.8 Å². The van der Waals surface area contributed by atoms with Gasteiger partial charge in [0.1, 0.15) is 11.3 Å². The van der Waals surface area contributed by atoms with Crippen LogP contribution in [0.1, 0.15) is 24.5 Å². The molecule has 0 spiro atoms. The third-order valence-electron chi connectivity index (χ3n) is 2.84. The zero-order valence-electron chi connectivity index (χ0n) is 8.20. The standard InChI is InChI=1S/C12H11FN2/c13-9-3-1-2-8-10(14)6-11(7-4-5-7)15-12(8)9/h1-3,6-7H,4-5H2,(H2,14,15). The summed E-state index contributed by atoms with van der Waals surface area (Å²) < 4.78 is 13.5. The Morgan fingerprint density at radius 2 is 2.13 bits per heavy atom. The van der Waals surface area contributed by atoms with E-state index in [-0.39, 0.29) is 5.82 Å². The van der Waals surface area contributed by atoms with Crippen molar-refractivity contribution in [2.75, 3.05) is 5.73 Å². The van der Waals surface area contributed by atoms with Gasteiger partial charge in [0, 0.05) is 22.7 Å². The fourth-order valence-electron chi connectivity index (χ4n) is 1.85. The molecule has 0 bridgehead atoms. The van der Waals surface area contributed by atoms with Gasteiger partial charge in [-0.2, -0.15) is 0 Å². The molecule has 2 N–H and O–H groups in total. The van der Waals surface area contributed by atoms with Crippen molar-refractivity contribution >= 4 is 16.6 Å². The Kier molecular flexibility index (Phi) is 1.69. The molecule has 3 rings (SSSR count). The minimum absolute atomic E-state index is 0.290. The van der Waals surface area contributed by atoms with Crippen molar-refractivity contribution in [1.82, 2.24) is 4.98 Å². The highest BCUT2D eigenvalue weighted by Gasteiger charge is 2.26. The molecule has 76 valence electrons. The van der Waals surface area contributed by atoms with Crippen LogP contribution in [0.15, 0.2) is 24.3 Å². The normalized spacial score (nSPS) is 15.8. The molecule has 3 heteroatoms. The quantitative estimate of drug-likeness (QED) is 0.772. The number of nitrogens with two attached hydrogens (primary N) is 1. The number of aromatic nitrogens is 1. The number of para-hydroxylation sites is 1. The Bertz CT molecular complexity index is 532. The van der Waals surface area contributed by atoms with Crippen molar-refractivity contribution in [2.24, 2.45) is 0 Å². The maximum Gasteiger partial charge on any atom is 0.149 e. The van der Waals surface area contributed by atoms with E-state index in [1.165, 1.54) is 6.07 Å². The van der Waals surface area contributed by atoms with Gasteiger partial charge in [-0.1, -0.05) is 12.1 Å². The molecular weight excluding hydrogens is 191 g/mol. The molecule has 1 aromatic heterocycles. The highest BCUT2D eigenvalue weighted by atomic mass is 19.1. The molecule has 2 nitrogen and oxygen atoms in total. The van der Waals surface area contributed by atoms with E-state index in [1.54, 1.807) is 12.1 Å². The first-order valence-corrected chi connectivity index (χ1v) is 5.10. The Morgan fingerprint density at radius 3 is 2.87 bits per heavy atom. The maximum atomic E-state index is 13.5. The molecule has 0 saturated heterocycles. The topological polar surface area (TPSA) is 38.9 Å². The summed E-state index contributed by atoms with van der Waals surface area (Å²) in [4.78, 5) is 4.34. The second kappa shape index (κ2) is 2.92. The fraction of sp³-hybridized carbons (Fsp3) is 0.250. The molecule has 1 aromatic carbocycles. The summed E-state index contributed by atoms with van der Waals surface area (Å²) in [5, 5.41) is 0.708. The van der Waals surface area contributed by atoms with Crippen molar-refractivity contribution in [1.29, 1.82) is 0 Å². The predicted octanol–water partition coefficient (Wildman–Crippen LogP) is 2.83. The number of benzene rings is 1. The first-order chi connectivity index (χ1) is 7.25. The average molecular weight is 202 g/mol. The van der Waals surface area contributed by atoms with Crippen LogP contribution in [0.2, 0.25) is 0 Å². The van der Waals surface area contributed by atoms with Crippen LogP contribution in [0.5, 0.6) is 0 Å². The van der Waals surface area contributed by atoms with Crippen molar-refractivity contribution in [3.8, 4) is 0 Å². The SMILES string of the molecule is Nc1cc(C2CC2)nc2c(F)cccc12. The summed E-state index contributed by atoms with van der Waals surface area (Å²) in [7, 11) is 0. The van der Waals surface area contributed by atoms with Gasteiger partial charge in [-0.05, 0) is 25.0 Å². The molecule has 0 atom stereocenters. The molecular formula is C12H11FN2. The third-order valence-corrected chi connectivity index (χ3v) is 2.84. The highest BCUT2D eigenvalue weighted by molar-refractivity contribution is 5.90. The van der Waals surface area contributed by atoms with Gasteiger partial charge in [-0.15, -0.1) is 0 Å². The zero-order valence-corrected chi connectivity index (χ0v) is 8.20. The first-order valence-electron chi connectivity index (χ1n) is 5.10. The van der Waals surface area contributed by atoms with E-state index >= 15 is 0 Å². The van der Waals surface area contributed by atoms with Crippen molar-refractivity contribution in [3.05, 3.63) is 35.8 Å². The van der Waals surface area contributed by atoms with Crippen LogP contribution < -0.4 is 5.73 Å². The van der Waals surface area contributed by atoms with Crippen molar-refractivity contribution < 1.29 is 4.39 Å². The lowest BCUT2D eigenvalue weighted by Gasteiger charge is -2.05. The number of fused-ring (bicyclic) bond motifs is 1. The monoisotopic (exact) mass is 202 g/mol.